The van der Waals surface area contributed by atoms with Crippen molar-refractivity contribution in [2.75, 3.05) is 40.4 Å². The van der Waals surface area contributed by atoms with E-state index in [1.165, 1.54) is 13.2 Å². The van der Waals surface area contributed by atoms with Crippen molar-refractivity contribution in [2.45, 2.75) is 38.5 Å². The lowest BCUT2D eigenvalue weighted by Crippen LogP contribution is -2.39. The van der Waals surface area contributed by atoms with E-state index in [1.807, 2.05) is 58.6 Å². The second kappa shape index (κ2) is 18.6. The maximum absolute atomic E-state index is 14.1. The van der Waals surface area contributed by atoms with Crippen molar-refractivity contribution in [3.8, 4) is 33.8 Å². The smallest absolute Gasteiger partial charge is 0.257 e. The van der Waals surface area contributed by atoms with Gasteiger partial charge in [-0.3, -0.25) is 9.59 Å². The summed E-state index contributed by atoms with van der Waals surface area (Å²) in [6.45, 7) is 2.96. The third kappa shape index (κ3) is 9.60. The first kappa shape index (κ1) is 39.0. The first-order valence-corrected chi connectivity index (χ1v) is 19.6. The molecule has 6 aromatic rings. The van der Waals surface area contributed by atoms with Crippen LogP contribution < -0.4 is 9.47 Å². The quantitative estimate of drug-likeness (QED) is 0.144. The number of carbonyl (C=O) groups is 2. The van der Waals surface area contributed by atoms with Gasteiger partial charge in [0.2, 0.25) is 0 Å². The van der Waals surface area contributed by atoms with Crippen molar-refractivity contribution in [3.05, 3.63) is 144 Å². The summed E-state index contributed by atoms with van der Waals surface area (Å²) in [4.78, 5) is 44.9. The van der Waals surface area contributed by atoms with Gasteiger partial charge in [-0.1, -0.05) is 60.7 Å². The van der Waals surface area contributed by atoms with Crippen LogP contribution in [-0.4, -0.2) is 81.9 Å². The van der Waals surface area contributed by atoms with E-state index in [9.17, 15) is 14.0 Å². The number of hydrogen-bond donors (Lipinski definition) is 2. The summed E-state index contributed by atoms with van der Waals surface area (Å²) in [7, 11) is 3.16. The number of nitrogens with zero attached hydrogens (tertiary/aromatic N) is 4. The summed E-state index contributed by atoms with van der Waals surface area (Å²) in [5.41, 5.74) is 4.48. The molecule has 2 aliphatic heterocycles. The molecule has 10 nitrogen and oxygen atoms in total. The summed E-state index contributed by atoms with van der Waals surface area (Å²) in [6.07, 6.45) is 13.0. The fraction of sp³-hybridized carbons (Fsp3) is 0.304. The Morgan fingerprint density at radius 3 is 1.58 bits per heavy atom. The summed E-state index contributed by atoms with van der Waals surface area (Å²) in [5, 5.41) is 0. The Balaban J connectivity index is 0.000000174. The van der Waals surface area contributed by atoms with Crippen molar-refractivity contribution >= 4 is 11.8 Å². The molecule has 0 bridgehead atoms. The fourth-order valence-corrected chi connectivity index (χ4v) is 7.80. The number of methoxy groups -OCH3 is 2. The average molecular weight is 769 g/mol. The summed E-state index contributed by atoms with van der Waals surface area (Å²) >= 11 is 0. The minimum absolute atomic E-state index is 0.0432. The molecule has 4 aromatic carbocycles. The first-order chi connectivity index (χ1) is 27.9. The molecule has 0 saturated carbocycles. The predicted octanol–water partition coefficient (Wildman–Crippen LogP) is 8.50. The van der Waals surface area contributed by atoms with Gasteiger partial charge in [-0.05, 0) is 84.5 Å². The number of amides is 2. The fourth-order valence-electron chi connectivity index (χ4n) is 7.80. The average Bonchev–Trinajstić information content (AvgIpc) is 3.99. The highest BCUT2D eigenvalue weighted by atomic mass is 19.1. The number of benzene rings is 4. The van der Waals surface area contributed by atoms with Gasteiger partial charge in [0.05, 0.1) is 25.3 Å². The summed E-state index contributed by atoms with van der Waals surface area (Å²) in [5.74, 6) is 3.92. The van der Waals surface area contributed by atoms with Crippen LogP contribution in [0.15, 0.2) is 116 Å². The van der Waals surface area contributed by atoms with Gasteiger partial charge >= 0.3 is 0 Å². The van der Waals surface area contributed by atoms with Crippen molar-refractivity contribution in [2.24, 2.45) is 11.8 Å². The Morgan fingerprint density at radius 1 is 0.632 bits per heavy atom. The second-order valence-corrected chi connectivity index (χ2v) is 14.6. The van der Waals surface area contributed by atoms with Crippen molar-refractivity contribution in [1.29, 1.82) is 0 Å². The number of ether oxygens (including phenoxy) is 2. The maximum atomic E-state index is 14.1. The number of halogens is 1. The molecular weight excluding hydrogens is 720 g/mol. The number of rotatable bonds is 10. The lowest BCUT2D eigenvalue weighted by atomic mass is 9.92. The second-order valence-electron chi connectivity index (χ2n) is 14.6. The minimum atomic E-state index is -0.299. The molecule has 8 rings (SSSR count). The highest BCUT2D eigenvalue weighted by molar-refractivity contribution is 5.98. The monoisotopic (exact) mass is 768 g/mol. The molecule has 2 amide bonds. The largest absolute Gasteiger partial charge is 0.496 e. The number of hydrogen-bond acceptors (Lipinski definition) is 6. The zero-order valence-corrected chi connectivity index (χ0v) is 32.5. The third-order valence-corrected chi connectivity index (χ3v) is 11.0. The molecule has 57 heavy (non-hydrogen) atoms. The zero-order valence-electron chi connectivity index (χ0n) is 32.5. The van der Waals surface area contributed by atoms with Gasteiger partial charge in [0.25, 0.3) is 11.8 Å². The maximum Gasteiger partial charge on any atom is 0.257 e. The molecule has 2 fully saturated rings. The van der Waals surface area contributed by atoms with Crippen molar-refractivity contribution < 1.29 is 23.5 Å². The number of nitrogens with one attached hydrogen (secondary N) is 2. The van der Waals surface area contributed by atoms with Crippen LogP contribution in [0, 0.1) is 17.7 Å². The van der Waals surface area contributed by atoms with Crippen LogP contribution in [-0.2, 0) is 12.8 Å². The molecule has 11 heteroatoms. The van der Waals surface area contributed by atoms with Crippen molar-refractivity contribution in [1.82, 2.24) is 29.7 Å². The van der Waals surface area contributed by atoms with Gasteiger partial charge in [0.1, 0.15) is 29.0 Å². The number of aromatic amines is 2. The molecule has 0 unspecified atom stereocenters. The molecule has 0 aliphatic carbocycles. The van der Waals surface area contributed by atoms with Gasteiger partial charge in [-0.15, -0.1) is 0 Å². The van der Waals surface area contributed by atoms with Crippen LogP contribution in [0.1, 0.15) is 58.0 Å². The predicted molar refractivity (Wildman–Crippen MR) is 219 cm³/mol. The molecule has 2 aliphatic rings. The zero-order chi connectivity index (χ0) is 39.6. The Kier molecular flexibility index (Phi) is 12.7. The standard InChI is InChI=1S/C23H24FN3O2.C23H25N3O2/c1-29-21-15-17(18-4-2-3-5-20(18)24)6-7-19(21)23(28)27-12-8-16(9-13-27)14-22-25-10-11-26-22;1-28-21-16-19(18-5-3-2-4-6-18)7-8-20(21)23(27)26-13-9-17(10-14-26)15-22-24-11-12-25-22/h2-7,10-11,15-16H,8-9,12-14H2,1H3,(H,25,26);2-8,11-12,16-17H,9-10,13-15H2,1H3,(H,24,25). The van der Waals surface area contributed by atoms with Gasteiger partial charge in [0.15, 0.2) is 0 Å². The number of likely N-dealkylation sites (tertiary alicyclic amines) is 2. The van der Waals surface area contributed by atoms with Gasteiger partial charge in [-0.25, -0.2) is 14.4 Å². The lowest BCUT2D eigenvalue weighted by molar-refractivity contribution is 0.0678. The van der Waals surface area contributed by atoms with E-state index < -0.39 is 0 Å². The molecule has 0 spiro atoms. The molecular formula is C46H49FN6O4. The van der Waals surface area contributed by atoms with E-state index in [1.54, 1.807) is 55.9 Å². The van der Waals surface area contributed by atoms with Crippen LogP contribution in [0.5, 0.6) is 11.5 Å². The van der Waals surface area contributed by atoms with Gasteiger partial charge in [0, 0.05) is 69.4 Å². The molecule has 4 heterocycles. The van der Waals surface area contributed by atoms with Crippen LogP contribution >= 0.6 is 0 Å². The Labute approximate surface area is 333 Å². The van der Waals surface area contributed by atoms with Crippen LogP contribution in [0.4, 0.5) is 4.39 Å². The molecule has 0 radical (unpaired) electrons. The Morgan fingerprint density at radius 2 is 1.11 bits per heavy atom. The first-order valence-electron chi connectivity index (χ1n) is 19.6. The van der Waals surface area contributed by atoms with Crippen LogP contribution in [0.25, 0.3) is 22.3 Å². The van der Waals surface area contributed by atoms with E-state index in [0.29, 0.717) is 58.7 Å². The van der Waals surface area contributed by atoms with E-state index >= 15 is 0 Å². The number of aromatic nitrogens is 4. The molecule has 0 atom stereocenters. The SMILES string of the molecule is COc1cc(-c2ccccc2)ccc1C(=O)N1CCC(Cc2ncc[nH]2)CC1.COc1cc(-c2ccccc2F)ccc1C(=O)N1CCC(Cc2ncc[nH]2)CC1. The van der Waals surface area contributed by atoms with E-state index in [-0.39, 0.29) is 17.6 Å². The third-order valence-electron chi connectivity index (χ3n) is 11.0. The van der Waals surface area contributed by atoms with Gasteiger partial charge < -0.3 is 29.2 Å². The molecule has 2 N–H and O–H groups in total. The summed E-state index contributed by atoms with van der Waals surface area (Å²) < 4.78 is 25.1. The van der Waals surface area contributed by atoms with Crippen LogP contribution in [0.3, 0.4) is 0 Å². The number of carbonyl (C=O) groups excluding carboxylic acids is 2. The summed E-state index contributed by atoms with van der Waals surface area (Å²) in [6, 6.07) is 27.8. The molecule has 294 valence electrons. The topological polar surface area (TPSA) is 116 Å². The van der Waals surface area contributed by atoms with Crippen LogP contribution in [0.2, 0.25) is 0 Å². The molecule has 2 saturated heterocycles. The Bertz CT molecular complexity index is 2210. The van der Waals surface area contributed by atoms with E-state index in [0.717, 1.165) is 74.4 Å². The number of imidazole rings is 2. The number of H-pyrrole nitrogens is 2. The van der Waals surface area contributed by atoms with Gasteiger partial charge in [-0.2, -0.15) is 0 Å². The Hall–Kier alpha value is -6.23. The van der Waals surface area contributed by atoms with E-state index in [4.69, 9.17) is 9.47 Å². The lowest BCUT2D eigenvalue weighted by Gasteiger charge is -2.32. The van der Waals surface area contributed by atoms with Crippen molar-refractivity contribution in [3.63, 3.8) is 0 Å². The minimum Gasteiger partial charge on any atom is -0.496 e. The van der Waals surface area contributed by atoms with E-state index in [2.05, 4.69) is 32.1 Å². The number of piperidine rings is 2. The highest BCUT2D eigenvalue weighted by Crippen LogP contribution is 2.32. The highest BCUT2D eigenvalue weighted by Gasteiger charge is 2.28. The molecule has 2 aromatic heterocycles. The normalized spacial score (nSPS) is 14.8.